The van der Waals surface area contributed by atoms with Crippen LogP contribution in [0.5, 0.6) is 0 Å². The Kier molecular flexibility index (Phi) is 5.01. The maximum Gasteiger partial charge on any atom is 0.258 e. The first-order valence-corrected chi connectivity index (χ1v) is 11.2. The van der Waals surface area contributed by atoms with E-state index in [4.69, 9.17) is 5.73 Å². The molecule has 1 saturated heterocycles. The van der Waals surface area contributed by atoms with E-state index < -0.39 is 19.1 Å². The zero-order chi connectivity index (χ0) is 23.4. The average Bonchev–Trinajstić information content (AvgIpc) is 3.45. The predicted octanol–water partition coefficient (Wildman–Crippen LogP) is 2.37. The van der Waals surface area contributed by atoms with Gasteiger partial charge < -0.3 is 11.1 Å². The van der Waals surface area contributed by atoms with E-state index in [0.29, 0.717) is 41.3 Å². The lowest BCUT2D eigenvalue weighted by atomic mass is 10.0. The summed E-state index contributed by atoms with van der Waals surface area (Å²) in [6.07, 6.45) is 1.09. The van der Waals surface area contributed by atoms with E-state index in [-0.39, 0.29) is 23.5 Å². The van der Waals surface area contributed by atoms with Crippen LogP contribution in [-0.2, 0) is 6.54 Å². The molecule has 4 aromatic rings. The molecule has 1 aliphatic carbocycles. The third kappa shape index (κ3) is 3.79. The fraction of sp³-hybridized carbons (Fsp3) is 0.476. The molecule has 10 nitrogen and oxygen atoms in total. The minimum atomic E-state index is -2.58. The number of aromatic nitrogens is 7. The van der Waals surface area contributed by atoms with Crippen molar-refractivity contribution >= 4 is 28.4 Å². The van der Waals surface area contributed by atoms with Gasteiger partial charge in [0.05, 0.1) is 11.7 Å². The van der Waals surface area contributed by atoms with Crippen LogP contribution in [0.1, 0.15) is 19.3 Å². The molecule has 0 aromatic carbocycles. The van der Waals surface area contributed by atoms with E-state index in [1.807, 2.05) is 0 Å². The Hall–Kier alpha value is -3.48. The second-order valence-electron chi connectivity index (χ2n) is 8.83. The number of anilines is 2. The lowest BCUT2D eigenvalue weighted by molar-refractivity contribution is 0.120. The summed E-state index contributed by atoms with van der Waals surface area (Å²) in [5.41, 5.74) is 8.59. The molecule has 0 bridgehead atoms. The molecule has 0 amide bonds. The lowest BCUT2D eigenvalue weighted by Gasteiger charge is -2.35. The molecule has 4 aromatic heterocycles. The highest BCUT2D eigenvalue weighted by molar-refractivity contribution is 5.88. The number of pyridine rings is 1. The zero-order valence-corrected chi connectivity index (χ0v) is 18.2. The van der Waals surface area contributed by atoms with Gasteiger partial charge in [0.1, 0.15) is 23.7 Å². The van der Waals surface area contributed by atoms with Crippen LogP contribution in [-0.4, -0.2) is 77.2 Å². The van der Waals surface area contributed by atoms with Crippen LogP contribution < -0.4 is 11.1 Å². The summed E-state index contributed by atoms with van der Waals surface area (Å²) in [7, 11) is 0. The molecule has 34 heavy (non-hydrogen) atoms. The van der Waals surface area contributed by atoms with Gasteiger partial charge in [0.25, 0.3) is 6.43 Å². The molecule has 13 heteroatoms. The molecule has 0 radical (unpaired) electrons. The summed E-state index contributed by atoms with van der Waals surface area (Å²) < 4.78 is 43.1. The molecule has 2 aliphatic rings. The van der Waals surface area contributed by atoms with Gasteiger partial charge in [0.15, 0.2) is 11.5 Å². The standard InChI is InChI=1S/C21H23F3N10/c22-13-9-32(11-1-2-11)7-6-15(13)27-21-28-19(25)18-12(5-8-33(18)30-21)14-3-4-16-20(26-14)34(31-29-16)10-17(23)24/h3-5,8,11,13,15,17H,1-2,6-7,9-10H2,(H3,25,27,28,30)/t13-,15+/m1/s1. The van der Waals surface area contributed by atoms with Crippen molar-refractivity contribution in [3.05, 3.63) is 24.4 Å². The minimum Gasteiger partial charge on any atom is -0.382 e. The molecule has 0 unspecified atom stereocenters. The quantitative estimate of drug-likeness (QED) is 0.440. The first kappa shape index (κ1) is 21.1. The van der Waals surface area contributed by atoms with Crippen LogP contribution in [0.2, 0.25) is 0 Å². The Morgan fingerprint density at radius 2 is 2.00 bits per heavy atom. The van der Waals surface area contributed by atoms with Gasteiger partial charge in [-0.3, -0.25) is 4.90 Å². The van der Waals surface area contributed by atoms with Crippen molar-refractivity contribution in [3.63, 3.8) is 0 Å². The van der Waals surface area contributed by atoms with Gasteiger partial charge in [0.2, 0.25) is 5.95 Å². The van der Waals surface area contributed by atoms with E-state index >= 15 is 0 Å². The fourth-order valence-corrected chi connectivity index (χ4v) is 4.61. The van der Waals surface area contributed by atoms with E-state index in [0.717, 1.165) is 24.1 Å². The number of hydrogen-bond donors (Lipinski definition) is 2. The molecule has 2 atom stereocenters. The van der Waals surface area contributed by atoms with Gasteiger partial charge in [-0.1, -0.05) is 5.21 Å². The van der Waals surface area contributed by atoms with Crippen molar-refractivity contribution < 1.29 is 13.2 Å². The molecular formula is C21H23F3N10. The average molecular weight is 472 g/mol. The smallest absolute Gasteiger partial charge is 0.258 e. The molecule has 1 saturated carbocycles. The molecule has 5 heterocycles. The first-order valence-electron chi connectivity index (χ1n) is 11.2. The van der Waals surface area contributed by atoms with E-state index in [1.165, 1.54) is 0 Å². The van der Waals surface area contributed by atoms with Crippen molar-refractivity contribution in [2.75, 3.05) is 24.1 Å². The first-order chi connectivity index (χ1) is 16.5. The Bertz CT molecular complexity index is 1350. The SMILES string of the molecule is Nc1nc(N[C@H]2CCN(C3CC3)C[C@H]2F)nn2ccc(-c3ccc4nnn(CC(F)F)c4n3)c12. The van der Waals surface area contributed by atoms with Crippen molar-refractivity contribution in [2.45, 2.75) is 50.5 Å². The highest BCUT2D eigenvalue weighted by Gasteiger charge is 2.37. The number of rotatable bonds is 6. The number of alkyl halides is 3. The van der Waals surface area contributed by atoms with E-state index in [2.05, 4.69) is 35.6 Å². The lowest BCUT2D eigenvalue weighted by Crippen LogP contribution is -2.48. The van der Waals surface area contributed by atoms with Crippen LogP contribution in [0.3, 0.4) is 0 Å². The maximum atomic E-state index is 14.8. The Morgan fingerprint density at radius 3 is 2.76 bits per heavy atom. The molecule has 1 aliphatic heterocycles. The van der Waals surface area contributed by atoms with Crippen LogP contribution in [0, 0.1) is 0 Å². The number of halogens is 3. The second-order valence-corrected chi connectivity index (χ2v) is 8.83. The Balaban J connectivity index is 1.28. The van der Waals surface area contributed by atoms with Crippen molar-refractivity contribution in [1.29, 1.82) is 0 Å². The number of nitrogens with two attached hydrogens (primary N) is 1. The summed E-state index contributed by atoms with van der Waals surface area (Å²) in [6, 6.07) is 5.31. The third-order valence-electron chi connectivity index (χ3n) is 6.44. The van der Waals surface area contributed by atoms with Crippen molar-refractivity contribution in [1.82, 2.24) is 39.5 Å². The number of nitrogen functional groups attached to an aromatic ring is 1. The summed E-state index contributed by atoms with van der Waals surface area (Å²) in [5, 5.41) is 15.2. The number of likely N-dealkylation sites (tertiary alicyclic amines) is 1. The monoisotopic (exact) mass is 472 g/mol. The number of hydrogen-bond acceptors (Lipinski definition) is 8. The van der Waals surface area contributed by atoms with Crippen molar-refractivity contribution in [3.8, 4) is 11.3 Å². The fourth-order valence-electron chi connectivity index (χ4n) is 4.61. The van der Waals surface area contributed by atoms with Crippen LogP contribution >= 0.6 is 0 Å². The highest BCUT2D eigenvalue weighted by atomic mass is 19.3. The molecule has 6 rings (SSSR count). The Labute approximate surface area is 191 Å². The molecular weight excluding hydrogens is 449 g/mol. The molecule has 0 spiro atoms. The highest BCUT2D eigenvalue weighted by Crippen LogP contribution is 2.32. The van der Waals surface area contributed by atoms with Gasteiger partial charge in [-0.25, -0.2) is 27.4 Å². The zero-order valence-electron chi connectivity index (χ0n) is 18.2. The summed E-state index contributed by atoms with van der Waals surface area (Å²) in [6.45, 7) is 0.664. The van der Waals surface area contributed by atoms with Gasteiger partial charge >= 0.3 is 0 Å². The van der Waals surface area contributed by atoms with Gasteiger partial charge in [0, 0.05) is 30.9 Å². The third-order valence-corrected chi connectivity index (χ3v) is 6.44. The van der Waals surface area contributed by atoms with Crippen LogP contribution in [0.4, 0.5) is 24.9 Å². The number of nitrogens with one attached hydrogen (secondary N) is 1. The molecule has 178 valence electrons. The normalized spacial score (nSPS) is 21.6. The molecule has 2 fully saturated rings. The summed E-state index contributed by atoms with van der Waals surface area (Å²) in [4.78, 5) is 11.1. The topological polar surface area (TPSA) is 115 Å². The van der Waals surface area contributed by atoms with E-state index in [9.17, 15) is 13.2 Å². The van der Waals surface area contributed by atoms with Gasteiger partial charge in [-0.05, 0) is 37.5 Å². The largest absolute Gasteiger partial charge is 0.382 e. The summed E-state index contributed by atoms with van der Waals surface area (Å²) >= 11 is 0. The van der Waals surface area contributed by atoms with Gasteiger partial charge in [-0.15, -0.1) is 10.2 Å². The number of piperidine rings is 1. The number of nitrogens with zero attached hydrogens (tertiary/aromatic N) is 8. The van der Waals surface area contributed by atoms with Crippen LogP contribution in [0.15, 0.2) is 24.4 Å². The number of fused-ring (bicyclic) bond motifs is 2. The minimum absolute atomic E-state index is 0.199. The van der Waals surface area contributed by atoms with Crippen LogP contribution in [0.25, 0.3) is 27.9 Å². The Morgan fingerprint density at radius 1 is 1.15 bits per heavy atom. The predicted molar refractivity (Wildman–Crippen MR) is 119 cm³/mol. The van der Waals surface area contributed by atoms with E-state index in [1.54, 1.807) is 28.9 Å². The van der Waals surface area contributed by atoms with Gasteiger partial charge in [-0.2, -0.15) is 4.98 Å². The maximum absolute atomic E-state index is 14.8. The summed E-state index contributed by atoms with van der Waals surface area (Å²) in [5.74, 6) is 0.451. The van der Waals surface area contributed by atoms with Crippen molar-refractivity contribution in [2.24, 2.45) is 0 Å². The second kappa shape index (κ2) is 8.08. The molecule has 3 N–H and O–H groups in total.